The number of pyridine rings is 1. The van der Waals surface area contributed by atoms with E-state index in [1.54, 1.807) is 6.92 Å². The number of hydrogen-bond acceptors (Lipinski definition) is 8. The van der Waals surface area contributed by atoms with E-state index in [1.807, 2.05) is 0 Å². The van der Waals surface area contributed by atoms with Gasteiger partial charge in [-0.15, -0.1) is 0 Å². The van der Waals surface area contributed by atoms with E-state index < -0.39 is 46.2 Å². The third-order valence-corrected chi connectivity index (χ3v) is 6.68. The van der Waals surface area contributed by atoms with Crippen LogP contribution in [0, 0.1) is 18.6 Å². The Morgan fingerprint density at radius 3 is 2.51 bits per heavy atom. The molecule has 0 atom stereocenters. The highest BCUT2D eigenvalue weighted by Crippen LogP contribution is 2.33. The maximum atomic E-state index is 14.0. The van der Waals surface area contributed by atoms with E-state index in [-0.39, 0.29) is 34.4 Å². The Morgan fingerprint density at radius 2 is 1.86 bits per heavy atom. The lowest BCUT2D eigenvalue weighted by Crippen LogP contribution is -2.13. The minimum atomic E-state index is -3.79. The predicted octanol–water partition coefficient (Wildman–Crippen LogP) is 4.96. The van der Waals surface area contributed by atoms with Gasteiger partial charge in [0.1, 0.15) is 18.2 Å². The van der Waals surface area contributed by atoms with Crippen molar-refractivity contribution in [3.63, 3.8) is 0 Å². The smallest absolute Gasteiger partial charge is 0.272 e. The molecule has 0 saturated heterocycles. The van der Waals surface area contributed by atoms with Gasteiger partial charge in [0.05, 0.1) is 41.3 Å². The molecule has 0 spiro atoms. The average Bonchev–Trinajstić information content (AvgIpc) is 3.51. The molecule has 0 fully saturated rings. The van der Waals surface area contributed by atoms with Crippen LogP contribution < -0.4 is 19.9 Å². The molecule has 224 valence electrons. The van der Waals surface area contributed by atoms with E-state index in [0.29, 0.717) is 22.2 Å². The van der Waals surface area contributed by atoms with E-state index in [9.17, 15) is 30.8 Å². The van der Waals surface area contributed by atoms with E-state index in [2.05, 4.69) is 19.8 Å². The first-order valence-corrected chi connectivity index (χ1v) is 14.2. The summed E-state index contributed by atoms with van der Waals surface area (Å²) in [5, 5.41) is 4.56. The van der Waals surface area contributed by atoms with Crippen molar-refractivity contribution in [3.05, 3.63) is 83.3 Å². The Balaban J connectivity index is 1.44. The number of aromatic amines is 1. The van der Waals surface area contributed by atoms with Crippen LogP contribution in [-0.4, -0.2) is 53.2 Å². The van der Waals surface area contributed by atoms with Gasteiger partial charge in [-0.05, 0) is 42.8 Å². The number of carbonyl (C=O) groups excluding carboxylic acids is 1. The zero-order valence-electron chi connectivity index (χ0n) is 22.4. The topological polar surface area (TPSA) is 154 Å². The third-order valence-electron chi connectivity index (χ3n) is 6.09. The lowest BCUT2D eigenvalue weighted by Gasteiger charge is -2.12. The number of fused-ring (bicyclic) bond motifs is 1. The van der Waals surface area contributed by atoms with Crippen LogP contribution in [0.1, 0.15) is 21.6 Å². The van der Waals surface area contributed by atoms with Crippen LogP contribution in [0.25, 0.3) is 16.6 Å². The number of halogens is 4. The van der Waals surface area contributed by atoms with Crippen molar-refractivity contribution in [2.45, 2.75) is 13.3 Å². The first-order valence-electron chi connectivity index (χ1n) is 12.3. The fourth-order valence-corrected chi connectivity index (χ4v) is 4.75. The number of sulfonamides is 1. The van der Waals surface area contributed by atoms with Crippen LogP contribution in [-0.2, 0) is 10.0 Å². The summed E-state index contributed by atoms with van der Waals surface area (Å²) in [4.78, 5) is 20.3. The molecule has 5 aromatic rings. The minimum Gasteiger partial charge on any atom is -0.485 e. The van der Waals surface area contributed by atoms with Gasteiger partial charge < -0.3 is 20.2 Å². The number of carbonyl (C=O) groups is 1. The number of ether oxygens (including phenoxy) is 2. The van der Waals surface area contributed by atoms with Crippen molar-refractivity contribution in [2.24, 2.45) is 0 Å². The normalized spacial score (nSPS) is 11.7. The number of nitrogen functional groups attached to an aromatic ring is 1. The fourth-order valence-electron chi connectivity index (χ4n) is 4.19. The molecule has 11 nitrogen and oxygen atoms in total. The number of nitrogens with zero attached hydrogens (tertiary/aromatic N) is 3. The highest BCUT2D eigenvalue weighted by atomic mass is 32.2. The Bertz CT molecular complexity index is 1960. The summed E-state index contributed by atoms with van der Waals surface area (Å²) in [5.41, 5.74) is 7.38. The molecule has 0 radical (unpaired) electrons. The van der Waals surface area contributed by atoms with Gasteiger partial charge in [-0.1, -0.05) is 6.07 Å². The van der Waals surface area contributed by atoms with E-state index in [0.717, 1.165) is 18.4 Å². The number of benzene rings is 2. The summed E-state index contributed by atoms with van der Waals surface area (Å²) >= 11 is 0. The maximum Gasteiger partial charge on any atom is 0.272 e. The molecule has 3 aromatic heterocycles. The van der Waals surface area contributed by atoms with Gasteiger partial charge in [-0.3, -0.25) is 9.52 Å². The van der Waals surface area contributed by atoms with Crippen LogP contribution in [0.5, 0.6) is 17.4 Å². The first-order chi connectivity index (χ1) is 20.3. The molecule has 0 bridgehead atoms. The lowest BCUT2D eigenvalue weighted by atomic mass is 10.1. The molecular weight excluding hydrogens is 596 g/mol. The molecule has 3 heterocycles. The Hall–Kier alpha value is -5.12. The third kappa shape index (κ3) is 6.23. The molecule has 0 aliphatic heterocycles. The molecule has 0 amide bonds. The summed E-state index contributed by atoms with van der Waals surface area (Å²) in [7, 11) is -3.79. The number of para-hydroxylation sites is 1. The van der Waals surface area contributed by atoms with Crippen molar-refractivity contribution in [1.82, 2.24) is 19.7 Å². The number of alkyl halides is 2. The minimum absolute atomic E-state index is 0.00312. The molecule has 4 N–H and O–H groups in total. The molecule has 0 aliphatic rings. The summed E-state index contributed by atoms with van der Waals surface area (Å²) in [6.45, 7) is 0.676. The summed E-state index contributed by atoms with van der Waals surface area (Å²) in [5.74, 6) is -3.29. The zero-order valence-corrected chi connectivity index (χ0v) is 23.2. The molecule has 0 unspecified atom stereocenters. The molecule has 16 heteroatoms. The number of anilines is 2. The van der Waals surface area contributed by atoms with Gasteiger partial charge in [0.2, 0.25) is 27.4 Å². The van der Waals surface area contributed by atoms with Crippen LogP contribution in [0.2, 0.25) is 0 Å². The molecule has 0 saturated carbocycles. The van der Waals surface area contributed by atoms with Gasteiger partial charge in [0.25, 0.3) is 6.43 Å². The number of hydrogen-bond donors (Lipinski definition) is 3. The van der Waals surface area contributed by atoms with Gasteiger partial charge in [-0.2, -0.15) is 5.10 Å². The van der Waals surface area contributed by atoms with Crippen LogP contribution in [0.4, 0.5) is 29.1 Å². The van der Waals surface area contributed by atoms with E-state index >= 15 is 0 Å². The largest absolute Gasteiger partial charge is 0.485 e. The number of ketones is 1. The van der Waals surface area contributed by atoms with Crippen LogP contribution in [0.15, 0.2) is 54.9 Å². The van der Waals surface area contributed by atoms with E-state index in [4.69, 9.17) is 15.2 Å². The highest BCUT2D eigenvalue weighted by molar-refractivity contribution is 7.92. The second-order valence-electron chi connectivity index (χ2n) is 9.34. The average molecular weight is 619 g/mol. The fraction of sp³-hybridized carbons (Fsp3) is 0.148. The second-order valence-corrected chi connectivity index (χ2v) is 11.1. The standard InChI is InChI=1S/C27H22F4N6O5S/c1-13-6-24(42-26-16(28)4-3-5-17(26)29)33-11-21(13)37-27(32)15(10-34-37)25(38)20-7-14-8-22(41-12-23(30)31)19(9-18(14)35-20)36-43(2,39)40/h3-11,23,35-36H,12,32H2,1-2H3. The van der Waals surface area contributed by atoms with Crippen molar-refractivity contribution in [3.8, 4) is 23.1 Å². The summed E-state index contributed by atoms with van der Waals surface area (Å²) in [6, 6.07) is 8.75. The maximum absolute atomic E-state index is 14.0. The number of aromatic nitrogens is 4. The Kier molecular flexibility index (Phi) is 7.71. The predicted molar refractivity (Wildman–Crippen MR) is 149 cm³/mol. The first kappa shape index (κ1) is 29.4. The zero-order chi connectivity index (χ0) is 31.1. The number of rotatable bonds is 10. The number of nitrogens with two attached hydrogens (primary N) is 1. The molecule has 2 aromatic carbocycles. The van der Waals surface area contributed by atoms with Crippen molar-refractivity contribution in [1.29, 1.82) is 0 Å². The second kappa shape index (κ2) is 11.3. The number of H-pyrrole nitrogens is 1. The Morgan fingerprint density at radius 1 is 1.14 bits per heavy atom. The lowest BCUT2D eigenvalue weighted by molar-refractivity contribution is 0.0823. The monoisotopic (exact) mass is 618 g/mol. The van der Waals surface area contributed by atoms with Crippen molar-refractivity contribution >= 4 is 38.2 Å². The summed E-state index contributed by atoms with van der Waals surface area (Å²) in [6.07, 6.45) is 0.623. The Labute approximate surface area is 241 Å². The van der Waals surface area contributed by atoms with Crippen molar-refractivity contribution < 1.29 is 40.2 Å². The quantitative estimate of drug-likeness (QED) is 0.147. The van der Waals surface area contributed by atoms with Crippen LogP contribution in [0.3, 0.4) is 0 Å². The molecule has 43 heavy (non-hydrogen) atoms. The highest BCUT2D eigenvalue weighted by Gasteiger charge is 2.22. The van der Waals surface area contributed by atoms with E-state index in [1.165, 1.54) is 47.4 Å². The van der Waals surface area contributed by atoms with Gasteiger partial charge in [0.15, 0.2) is 11.6 Å². The molecule has 5 rings (SSSR count). The summed E-state index contributed by atoms with van der Waals surface area (Å²) < 4.78 is 90.8. The number of aryl methyl sites for hydroxylation is 1. The molecular formula is C27H22F4N6O5S. The van der Waals surface area contributed by atoms with Crippen molar-refractivity contribution in [2.75, 3.05) is 23.3 Å². The van der Waals surface area contributed by atoms with Gasteiger partial charge in [-0.25, -0.2) is 35.6 Å². The number of nitrogens with one attached hydrogen (secondary N) is 2. The van der Waals surface area contributed by atoms with Gasteiger partial charge >= 0.3 is 0 Å². The van der Waals surface area contributed by atoms with Crippen LogP contribution >= 0.6 is 0 Å². The van der Waals surface area contributed by atoms with Gasteiger partial charge in [0, 0.05) is 17.0 Å². The molecule has 0 aliphatic carbocycles. The SMILES string of the molecule is Cc1cc(Oc2c(F)cccc2F)ncc1-n1ncc(C(=O)c2cc3cc(OCC(F)F)c(NS(C)(=O)=O)cc3[nH]2)c1N.